The molecule has 1 aliphatic carbocycles. The summed E-state index contributed by atoms with van der Waals surface area (Å²) in [6.45, 7) is 4.32. The van der Waals surface area contributed by atoms with Crippen molar-refractivity contribution in [2.24, 2.45) is 5.41 Å². The zero-order chi connectivity index (χ0) is 13.9. The highest BCUT2D eigenvalue weighted by atomic mass is 19.1. The summed E-state index contributed by atoms with van der Waals surface area (Å²) in [5, 5.41) is 3.53. The predicted molar refractivity (Wildman–Crippen MR) is 78.9 cm³/mol. The highest BCUT2D eigenvalue weighted by Crippen LogP contribution is 2.44. The molecule has 1 fully saturated rings. The Morgan fingerprint density at radius 2 is 2.00 bits per heavy atom. The third kappa shape index (κ3) is 3.00. The van der Waals surface area contributed by atoms with Gasteiger partial charge in [-0.25, -0.2) is 4.39 Å². The van der Waals surface area contributed by atoms with Crippen molar-refractivity contribution in [1.29, 1.82) is 0 Å². The Labute approximate surface area is 116 Å². The Morgan fingerprint density at radius 3 is 2.53 bits per heavy atom. The number of nitrogens with one attached hydrogen (secondary N) is 1. The third-order valence-electron chi connectivity index (χ3n) is 5.12. The normalized spacial score (nSPS) is 19.6. The Morgan fingerprint density at radius 1 is 1.32 bits per heavy atom. The summed E-state index contributed by atoms with van der Waals surface area (Å²) in [6.07, 6.45) is 7.61. The van der Waals surface area contributed by atoms with Crippen LogP contribution < -0.4 is 5.32 Å². The van der Waals surface area contributed by atoms with Gasteiger partial charge in [-0.3, -0.25) is 0 Å². The molecule has 0 aliphatic heterocycles. The van der Waals surface area contributed by atoms with Gasteiger partial charge in [0.15, 0.2) is 0 Å². The largest absolute Gasteiger partial charge is 0.316 e. The molecule has 2 heteroatoms. The standard InChI is InChI=1S/C17H26FN/c1-4-17(9-5-6-10-17)16(19-3)12-14-7-8-15(18)11-13(14)2/h7-8,11,16,19H,4-6,9-10,12H2,1-3H3. The Balaban J connectivity index is 2.18. The first-order valence-corrected chi connectivity index (χ1v) is 7.53. The van der Waals surface area contributed by atoms with E-state index in [-0.39, 0.29) is 5.82 Å². The van der Waals surface area contributed by atoms with E-state index in [0.29, 0.717) is 11.5 Å². The van der Waals surface area contributed by atoms with E-state index in [9.17, 15) is 4.39 Å². The molecule has 2 rings (SSSR count). The van der Waals surface area contributed by atoms with Gasteiger partial charge in [-0.05, 0) is 68.3 Å². The lowest BCUT2D eigenvalue weighted by atomic mass is 9.73. The fraction of sp³-hybridized carbons (Fsp3) is 0.647. The topological polar surface area (TPSA) is 12.0 Å². The molecular formula is C17H26FN. The number of rotatable bonds is 5. The van der Waals surface area contributed by atoms with Crippen LogP contribution in [0.2, 0.25) is 0 Å². The van der Waals surface area contributed by atoms with Gasteiger partial charge >= 0.3 is 0 Å². The molecule has 1 aliphatic rings. The molecule has 0 aromatic heterocycles. The molecule has 1 unspecified atom stereocenters. The van der Waals surface area contributed by atoms with Crippen molar-refractivity contribution in [3.8, 4) is 0 Å². The molecule has 1 nitrogen and oxygen atoms in total. The van der Waals surface area contributed by atoms with E-state index < -0.39 is 0 Å². The van der Waals surface area contributed by atoms with Crippen molar-refractivity contribution in [1.82, 2.24) is 5.32 Å². The minimum absolute atomic E-state index is 0.131. The number of halogens is 1. The lowest BCUT2D eigenvalue weighted by molar-refractivity contribution is 0.192. The monoisotopic (exact) mass is 263 g/mol. The fourth-order valence-electron chi connectivity index (χ4n) is 3.76. The van der Waals surface area contributed by atoms with Gasteiger partial charge in [0.2, 0.25) is 0 Å². The SMILES string of the molecule is CCC1(C(Cc2ccc(F)cc2C)NC)CCCC1. The highest BCUT2D eigenvalue weighted by Gasteiger charge is 2.38. The second-order valence-corrected chi connectivity index (χ2v) is 6.04. The van der Waals surface area contributed by atoms with Crippen molar-refractivity contribution in [3.05, 3.63) is 35.1 Å². The summed E-state index contributed by atoms with van der Waals surface area (Å²) in [5.74, 6) is -0.131. The van der Waals surface area contributed by atoms with Crippen LogP contribution in [-0.2, 0) is 6.42 Å². The first kappa shape index (κ1) is 14.5. The molecule has 0 radical (unpaired) electrons. The Bertz CT molecular complexity index is 421. The van der Waals surface area contributed by atoms with Gasteiger partial charge in [-0.2, -0.15) is 0 Å². The second-order valence-electron chi connectivity index (χ2n) is 6.04. The van der Waals surface area contributed by atoms with Crippen LogP contribution in [0.3, 0.4) is 0 Å². The van der Waals surface area contributed by atoms with Gasteiger partial charge in [0.1, 0.15) is 5.82 Å². The van der Waals surface area contributed by atoms with E-state index in [4.69, 9.17) is 0 Å². The van der Waals surface area contributed by atoms with E-state index in [2.05, 4.69) is 19.3 Å². The zero-order valence-corrected chi connectivity index (χ0v) is 12.4. The summed E-state index contributed by atoms with van der Waals surface area (Å²) in [7, 11) is 2.07. The molecule has 1 saturated carbocycles. The molecule has 1 atom stereocenters. The van der Waals surface area contributed by atoms with Gasteiger partial charge < -0.3 is 5.32 Å². The van der Waals surface area contributed by atoms with Crippen LogP contribution in [-0.4, -0.2) is 13.1 Å². The zero-order valence-electron chi connectivity index (χ0n) is 12.4. The average Bonchev–Trinajstić information content (AvgIpc) is 2.88. The Kier molecular flexibility index (Phi) is 4.62. The van der Waals surface area contributed by atoms with Crippen molar-refractivity contribution >= 4 is 0 Å². The van der Waals surface area contributed by atoms with Gasteiger partial charge in [0.05, 0.1) is 0 Å². The van der Waals surface area contributed by atoms with E-state index in [1.54, 1.807) is 12.1 Å². The molecule has 0 amide bonds. The number of benzene rings is 1. The van der Waals surface area contributed by atoms with Crippen molar-refractivity contribution in [2.75, 3.05) is 7.05 Å². The van der Waals surface area contributed by atoms with E-state index in [0.717, 1.165) is 12.0 Å². The first-order valence-electron chi connectivity index (χ1n) is 7.53. The van der Waals surface area contributed by atoms with Crippen molar-refractivity contribution < 1.29 is 4.39 Å². The molecule has 0 bridgehead atoms. The third-order valence-corrected chi connectivity index (χ3v) is 5.12. The summed E-state index contributed by atoms with van der Waals surface area (Å²) in [6, 6.07) is 5.69. The van der Waals surface area contributed by atoms with Crippen LogP contribution in [0, 0.1) is 18.2 Å². The number of aryl methyl sites for hydroxylation is 1. The summed E-state index contributed by atoms with van der Waals surface area (Å²) in [5.41, 5.74) is 2.79. The lowest BCUT2D eigenvalue weighted by Gasteiger charge is -2.37. The smallest absolute Gasteiger partial charge is 0.123 e. The lowest BCUT2D eigenvalue weighted by Crippen LogP contribution is -2.43. The molecule has 19 heavy (non-hydrogen) atoms. The molecule has 0 heterocycles. The minimum atomic E-state index is -0.131. The van der Waals surface area contributed by atoms with Gasteiger partial charge in [-0.15, -0.1) is 0 Å². The maximum atomic E-state index is 13.2. The molecule has 1 N–H and O–H groups in total. The minimum Gasteiger partial charge on any atom is -0.316 e. The maximum Gasteiger partial charge on any atom is 0.123 e. The van der Waals surface area contributed by atoms with E-state index in [1.165, 1.54) is 37.7 Å². The van der Waals surface area contributed by atoms with E-state index in [1.807, 2.05) is 13.0 Å². The van der Waals surface area contributed by atoms with Gasteiger partial charge in [0, 0.05) is 6.04 Å². The number of hydrogen-bond acceptors (Lipinski definition) is 1. The maximum absolute atomic E-state index is 13.2. The quantitative estimate of drug-likeness (QED) is 0.838. The Hall–Kier alpha value is -0.890. The number of hydrogen-bond donors (Lipinski definition) is 1. The first-order chi connectivity index (χ1) is 9.11. The van der Waals surface area contributed by atoms with Crippen molar-refractivity contribution in [2.45, 2.75) is 58.4 Å². The summed E-state index contributed by atoms with van der Waals surface area (Å²) < 4.78 is 13.2. The molecule has 0 saturated heterocycles. The van der Waals surface area contributed by atoms with Crippen LogP contribution in [0.4, 0.5) is 4.39 Å². The summed E-state index contributed by atoms with van der Waals surface area (Å²) >= 11 is 0. The molecular weight excluding hydrogens is 237 g/mol. The summed E-state index contributed by atoms with van der Waals surface area (Å²) in [4.78, 5) is 0. The fourth-order valence-corrected chi connectivity index (χ4v) is 3.76. The van der Waals surface area contributed by atoms with Gasteiger partial charge in [0.25, 0.3) is 0 Å². The van der Waals surface area contributed by atoms with Crippen LogP contribution >= 0.6 is 0 Å². The van der Waals surface area contributed by atoms with E-state index >= 15 is 0 Å². The molecule has 1 aromatic carbocycles. The van der Waals surface area contributed by atoms with Crippen molar-refractivity contribution in [3.63, 3.8) is 0 Å². The van der Waals surface area contributed by atoms with Crippen LogP contribution in [0.15, 0.2) is 18.2 Å². The predicted octanol–water partition coefficient (Wildman–Crippen LogP) is 4.24. The number of likely N-dealkylation sites (N-methyl/N-ethyl adjacent to an activating group) is 1. The molecule has 0 spiro atoms. The van der Waals surface area contributed by atoms with Crippen LogP contribution in [0.1, 0.15) is 50.2 Å². The second kappa shape index (κ2) is 6.04. The molecule has 1 aromatic rings. The average molecular weight is 263 g/mol. The highest BCUT2D eigenvalue weighted by molar-refractivity contribution is 5.28. The van der Waals surface area contributed by atoms with Crippen LogP contribution in [0.25, 0.3) is 0 Å². The van der Waals surface area contributed by atoms with Gasteiger partial charge in [-0.1, -0.05) is 25.8 Å². The molecule has 106 valence electrons. The van der Waals surface area contributed by atoms with Crippen LogP contribution in [0.5, 0.6) is 0 Å².